The zero-order chi connectivity index (χ0) is 14.1. The predicted octanol–water partition coefficient (Wildman–Crippen LogP) is 3.79. The lowest BCUT2D eigenvalue weighted by atomic mass is 10.0. The minimum absolute atomic E-state index is 0.160. The molecule has 104 valence electrons. The topological polar surface area (TPSA) is 38.0 Å². The second kappa shape index (κ2) is 5.39. The summed E-state index contributed by atoms with van der Waals surface area (Å²) in [6, 6.07) is 17.9. The maximum Gasteiger partial charge on any atom is 0.0347 e. The molecule has 0 fully saturated rings. The zero-order valence-electron chi connectivity index (χ0n) is 12.1. The van der Waals surface area contributed by atoms with Crippen molar-refractivity contribution in [1.82, 2.24) is 5.32 Å². The van der Waals surface area contributed by atoms with Gasteiger partial charge >= 0.3 is 0 Å². The van der Waals surface area contributed by atoms with Crippen molar-refractivity contribution in [3.63, 3.8) is 0 Å². The molecule has 0 saturated heterocycles. The molecule has 3 atom stereocenters. The molecule has 0 aliphatic heterocycles. The quantitative estimate of drug-likeness (QED) is 0.887. The summed E-state index contributed by atoms with van der Waals surface area (Å²) in [6.45, 7) is 4.40. The van der Waals surface area contributed by atoms with Gasteiger partial charge < -0.3 is 11.1 Å². The summed E-state index contributed by atoms with van der Waals surface area (Å²) in [7, 11) is 0. The van der Waals surface area contributed by atoms with Crippen LogP contribution in [0.25, 0.3) is 0 Å². The molecule has 3 rings (SSSR count). The number of rotatable bonds is 3. The molecule has 1 aliphatic carbocycles. The first-order valence-corrected chi connectivity index (χ1v) is 7.33. The van der Waals surface area contributed by atoms with E-state index < -0.39 is 0 Å². The summed E-state index contributed by atoms with van der Waals surface area (Å²) < 4.78 is 0. The summed E-state index contributed by atoms with van der Waals surface area (Å²) in [5.41, 5.74) is 11.6. The number of aryl methyl sites for hydroxylation is 1. The van der Waals surface area contributed by atoms with Gasteiger partial charge in [-0.2, -0.15) is 0 Å². The molecule has 3 N–H and O–H groups in total. The molecule has 20 heavy (non-hydrogen) atoms. The molecule has 0 bridgehead atoms. The largest absolute Gasteiger partial charge is 0.324 e. The van der Waals surface area contributed by atoms with E-state index in [1.54, 1.807) is 0 Å². The third-order valence-corrected chi connectivity index (χ3v) is 4.37. The highest BCUT2D eigenvalue weighted by molar-refractivity contribution is 5.38. The van der Waals surface area contributed by atoms with Gasteiger partial charge in [-0.25, -0.2) is 0 Å². The molecule has 0 amide bonds. The van der Waals surface area contributed by atoms with E-state index >= 15 is 0 Å². The van der Waals surface area contributed by atoms with Gasteiger partial charge in [-0.15, -0.1) is 0 Å². The molecule has 2 aromatic carbocycles. The molecule has 0 saturated carbocycles. The van der Waals surface area contributed by atoms with Gasteiger partial charge in [0.05, 0.1) is 0 Å². The second-order valence-electron chi connectivity index (χ2n) is 5.77. The Labute approximate surface area is 121 Å². The predicted molar refractivity (Wildman–Crippen MR) is 83.5 cm³/mol. The van der Waals surface area contributed by atoms with Crippen LogP contribution in [0.15, 0.2) is 48.5 Å². The Morgan fingerprint density at radius 2 is 1.70 bits per heavy atom. The summed E-state index contributed by atoms with van der Waals surface area (Å²) in [6.07, 6.45) is 0.982. The van der Waals surface area contributed by atoms with Crippen LogP contribution in [-0.4, -0.2) is 0 Å². The maximum atomic E-state index is 6.24. The van der Waals surface area contributed by atoms with E-state index in [-0.39, 0.29) is 6.04 Å². The van der Waals surface area contributed by atoms with Crippen LogP contribution in [0.4, 0.5) is 0 Å². The van der Waals surface area contributed by atoms with Crippen LogP contribution < -0.4 is 11.1 Å². The van der Waals surface area contributed by atoms with Crippen LogP contribution >= 0.6 is 0 Å². The summed E-state index contributed by atoms with van der Waals surface area (Å²) in [5, 5.41) is 3.74. The minimum Gasteiger partial charge on any atom is -0.324 e. The second-order valence-corrected chi connectivity index (χ2v) is 5.77. The molecular weight excluding hydrogens is 244 g/mol. The van der Waals surface area contributed by atoms with E-state index in [0.29, 0.717) is 12.1 Å². The lowest BCUT2D eigenvalue weighted by Gasteiger charge is -2.22. The smallest absolute Gasteiger partial charge is 0.0347 e. The lowest BCUT2D eigenvalue weighted by molar-refractivity contribution is 0.445. The van der Waals surface area contributed by atoms with Crippen LogP contribution in [0.2, 0.25) is 0 Å². The van der Waals surface area contributed by atoms with Crippen molar-refractivity contribution in [2.75, 3.05) is 0 Å². The standard InChI is InChI=1S/C18H22N2/c1-12-7-3-4-8-14(12)13(2)20-18-11-17(19)15-9-5-6-10-16(15)18/h3-10,13,17-18,20H,11,19H2,1-2H3. The molecular formula is C18H22N2. The molecule has 0 heterocycles. The third-order valence-electron chi connectivity index (χ3n) is 4.37. The SMILES string of the molecule is Cc1ccccc1C(C)NC1CC(N)c2ccccc21. The van der Waals surface area contributed by atoms with Crippen LogP contribution in [-0.2, 0) is 0 Å². The van der Waals surface area contributed by atoms with E-state index in [1.165, 1.54) is 22.3 Å². The van der Waals surface area contributed by atoms with E-state index in [0.717, 1.165) is 6.42 Å². The van der Waals surface area contributed by atoms with Gasteiger partial charge in [0.2, 0.25) is 0 Å². The average molecular weight is 266 g/mol. The number of fused-ring (bicyclic) bond motifs is 1. The Morgan fingerprint density at radius 1 is 1.05 bits per heavy atom. The fourth-order valence-electron chi connectivity index (χ4n) is 3.30. The first-order valence-electron chi connectivity index (χ1n) is 7.33. The van der Waals surface area contributed by atoms with Gasteiger partial charge in [0.25, 0.3) is 0 Å². The first-order chi connectivity index (χ1) is 9.66. The Hall–Kier alpha value is -1.64. The highest BCUT2D eigenvalue weighted by Gasteiger charge is 2.29. The summed E-state index contributed by atoms with van der Waals surface area (Å²) in [4.78, 5) is 0. The molecule has 1 aliphatic rings. The molecule has 0 radical (unpaired) electrons. The van der Waals surface area contributed by atoms with E-state index in [1.807, 2.05) is 0 Å². The summed E-state index contributed by atoms with van der Waals surface area (Å²) >= 11 is 0. The normalized spacial score (nSPS) is 22.6. The Morgan fingerprint density at radius 3 is 2.45 bits per heavy atom. The Balaban J connectivity index is 1.81. The van der Waals surface area contributed by atoms with Gasteiger partial charge in [0.1, 0.15) is 0 Å². The maximum absolute atomic E-state index is 6.24. The molecule has 2 aromatic rings. The van der Waals surface area contributed by atoms with Crippen LogP contribution in [0.3, 0.4) is 0 Å². The number of benzene rings is 2. The van der Waals surface area contributed by atoms with Crippen molar-refractivity contribution in [2.24, 2.45) is 5.73 Å². The molecule has 3 unspecified atom stereocenters. The third kappa shape index (κ3) is 2.37. The minimum atomic E-state index is 0.160. The monoisotopic (exact) mass is 266 g/mol. The number of hydrogen-bond acceptors (Lipinski definition) is 2. The molecule has 0 aromatic heterocycles. The lowest BCUT2D eigenvalue weighted by Crippen LogP contribution is -2.24. The van der Waals surface area contributed by atoms with Crippen LogP contribution in [0.5, 0.6) is 0 Å². The molecule has 2 heteroatoms. The summed E-state index contributed by atoms with van der Waals surface area (Å²) in [5.74, 6) is 0. The van der Waals surface area contributed by atoms with E-state index in [9.17, 15) is 0 Å². The number of nitrogens with two attached hydrogens (primary N) is 1. The van der Waals surface area contributed by atoms with E-state index in [2.05, 4.69) is 67.7 Å². The van der Waals surface area contributed by atoms with Gasteiger partial charge in [-0.05, 0) is 42.5 Å². The van der Waals surface area contributed by atoms with Gasteiger partial charge in [0.15, 0.2) is 0 Å². The number of hydrogen-bond donors (Lipinski definition) is 2. The van der Waals surface area contributed by atoms with Gasteiger partial charge in [0, 0.05) is 18.1 Å². The Kier molecular flexibility index (Phi) is 3.60. The zero-order valence-corrected chi connectivity index (χ0v) is 12.1. The van der Waals surface area contributed by atoms with Crippen molar-refractivity contribution < 1.29 is 0 Å². The van der Waals surface area contributed by atoms with Gasteiger partial charge in [-0.3, -0.25) is 0 Å². The van der Waals surface area contributed by atoms with Crippen LogP contribution in [0, 0.1) is 6.92 Å². The van der Waals surface area contributed by atoms with Crippen LogP contribution in [0.1, 0.15) is 53.7 Å². The fourth-order valence-corrected chi connectivity index (χ4v) is 3.30. The molecule has 0 spiro atoms. The van der Waals surface area contributed by atoms with E-state index in [4.69, 9.17) is 5.73 Å². The number of nitrogens with one attached hydrogen (secondary N) is 1. The highest BCUT2D eigenvalue weighted by atomic mass is 15.0. The average Bonchev–Trinajstić information content (AvgIpc) is 2.76. The Bertz CT molecular complexity index is 606. The van der Waals surface area contributed by atoms with Crippen molar-refractivity contribution in [3.05, 3.63) is 70.8 Å². The molecule has 2 nitrogen and oxygen atoms in total. The van der Waals surface area contributed by atoms with Gasteiger partial charge in [-0.1, -0.05) is 48.5 Å². The van der Waals surface area contributed by atoms with Crippen molar-refractivity contribution in [3.8, 4) is 0 Å². The first kappa shape index (κ1) is 13.3. The van der Waals surface area contributed by atoms with Crippen molar-refractivity contribution >= 4 is 0 Å². The van der Waals surface area contributed by atoms with Crippen molar-refractivity contribution in [1.29, 1.82) is 0 Å². The highest BCUT2D eigenvalue weighted by Crippen LogP contribution is 2.38. The fraction of sp³-hybridized carbons (Fsp3) is 0.333. The van der Waals surface area contributed by atoms with Crippen molar-refractivity contribution in [2.45, 2.75) is 38.4 Å².